The standard InChI is InChI=1S/C12H20N2O2S2/c1-10-12(5-2-7-13-10)14-18(15,16)9-6-11-4-3-8-17-11/h3-4,8,10,12-14H,2,5-7,9H2,1H3. The first-order valence-corrected chi connectivity index (χ1v) is 8.86. The maximum Gasteiger partial charge on any atom is 0.212 e. The van der Waals surface area contributed by atoms with Crippen LogP contribution in [0.15, 0.2) is 17.5 Å². The maximum atomic E-state index is 12.0. The molecule has 1 aliphatic rings. The van der Waals surface area contributed by atoms with Crippen molar-refractivity contribution in [3.8, 4) is 0 Å². The third-order valence-electron chi connectivity index (χ3n) is 3.29. The summed E-state index contributed by atoms with van der Waals surface area (Å²) in [6, 6.07) is 4.18. The number of thiophene rings is 1. The molecule has 0 bridgehead atoms. The van der Waals surface area contributed by atoms with E-state index in [0.717, 1.165) is 24.3 Å². The van der Waals surface area contributed by atoms with Gasteiger partial charge in [-0.2, -0.15) is 0 Å². The van der Waals surface area contributed by atoms with E-state index in [1.165, 1.54) is 0 Å². The summed E-state index contributed by atoms with van der Waals surface area (Å²) in [6.07, 6.45) is 2.55. The molecule has 1 aromatic heterocycles. The third-order valence-corrected chi connectivity index (χ3v) is 5.63. The average molecular weight is 288 g/mol. The Morgan fingerprint density at radius 1 is 1.56 bits per heavy atom. The van der Waals surface area contributed by atoms with Gasteiger partial charge < -0.3 is 5.32 Å². The van der Waals surface area contributed by atoms with Gasteiger partial charge in [0.05, 0.1) is 5.75 Å². The zero-order valence-corrected chi connectivity index (χ0v) is 12.2. The van der Waals surface area contributed by atoms with Gasteiger partial charge in [-0.1, -0.05) is 6.07 Å². The van der Waals surface area contributed by atoms with Crippen LogP contribution in [-0.2, 0) is 16.4 Å². The number of aryl methyl sites for hydroxylation is 1. The van der Waals surface area contributed by atoms with Crippen molar-refractivity contribution in [1.29, 1.82) is 0 Å². The lowest BCUT2D eigenvalue weighted by molar-refractivity contribution is 0.349. The summed E-state index contributed by atoms with van der Waals surface area (Å²) in [6.45, 7) is 3.01. The zero-order valence-electron chi connectivity index (χ0n) is 10.6. The van der Waals surface area contributed by atoms with Gasteiger partial charge in [0.2, 0.25) is 10.0 Å². The highest BCUT2D eigenvalue weighted by Crippen LogP contribution is 2.12. The van der Waals surface area contributed by atoms with E-state index in [9.17, 15) is 8.42 Å². The summed E-state index contributed by atoms with van der Waals surface area (Å²) in [7, 11) is -3.17. The fourth-order valence-corrected chi connectivity index (χ4v) is 4.41. The molecule has 0 aromatic carbocycles. The molecule has 1 saturated heterocycles. The molecular weight excluding hydrogens is 268 g/mol. The van der Waals surface area contributed by atoms with Gasteiger partial charge in [-0.05, 0) is 44.2 Å². The Bertz CT molecular complexity index is 456. The molecule has 0 aliphatic carbocycles. The summed E-state index contributed by atoms with van der Waals surface area (Å²) in [5.41, 5.74) is 0. The first kappa shape index (κ1) is 14.0. The zero-order chi connectivity index (χ0) is 13.0. The Labute approximate surface area is 113 Å². The van der Waals surface area contributed by atoms with Crippen LogP contribution in [0.5, 0.6) is 0 Å². The molecule has 0 amide bonds. The Hall–Kier alpha value is -0.430. The number of rotatable bonds is 5. The van der Waals surface area contributed by atoms with Crippen molar-refractivity contribution in [2.45, 2.75) is 38.3 Å². The van der Waals surface area contributed by atoms with Crippen molar-refractivity contribution >= 4 is 21.4 Å². The predicted octanol–water partition coefficient (Wildman–Crippen LogP) is 1.35. The number of piperidine rings is 1. The van der Waals surface area contributed by atoms with Crippen LogP contribution in [0, 0.1) is 0 Å². The van der Waals surface area contributed by atoms with Gasteiger partial charge in [0.25, 0.3) is 0 Å². The fourth-order valence-electron chi connectivity index (χ4n) is 2.18. The summed E-state index contributed by atoms with van der Waals surface area (Å²) in [5.74, 6) is 0.177. The minimum atomic E-state index is -3.17. The van der Waals surface area contributed by atoms with E-state index in [1.54, 1.807) is 11.3 Å². The minimum absolute atomic E-state index is 0.0343. The van der Waals surface area contributed by atoms with E-state index >= 15 is 0 Å². The van der Waals surface area contributed by atoms with Crippen molar-refractivity contribution < 1.29 is 8.42 Å². The molecule has 2 N–H and O–H groups in total. The van der Waals surface area contributed by atoms with Crippen molar-refractivity contribution in [3.63, 3.8) is 0 Å². The van der Waals surface area contributed by atoms with Gasteiger partial charge in [-0.3, -0.25) is 0 Å². The van der Waals surface area contributed by atoms with E-state index in [0.29, 0.717) is 6.42 Å². The number of hydrogen-bond acceptors (Lipinski definition) is 4. The van der Waals surface area contributed by atoms with Gasteiger partial charge in [0.1, 0.15) is 0 Å². The molecule has 0 saturated carbocycles. The molecule has 102 valence electrons. The molecule has 0 spiro atoms. The fraction of sp³-hybridized carbons (Fsp3) is 0.667. The van der Waals surface area contributed by atoms with E-state index in [-0.39, 0.29) is 17.8 Å². The molecule has 6 heteroatoms. The third kappa shape index (κ3) is 4.05. The molecule has 4 nitrogen and oxygen atoms in total. The van der Waals surface area contributed by atoms with E-state index in [4.69, 9.17) is 0 Å². The SMILES string of the molecule is CC1NCCCC1NS(=O)(=O)CCc1cccs1. The van der Waals surface area contributed by atoms with Gasteiger partial charge in [0, 0.05) is 17.0 Å². The molecule has 1 fully saturated rings. The van der Waals surface area contributed by atoms with E-state index < -0.39 is 10.0 Å². The second-order valence-electron chi connectivity index (χ2n) is 4.76. The van der Waals surface area contributed by atoms with Crippen LogP contribution in [0.1, 0.15) is 24.6 Å². The van der Waals surface area contributed by atoms with Crippen molar-refractivity contribution in [2.24, 2.45) is 0 Å². The minimum Gasteiger partial charge on any atom is -0.313 e. The maximum absolute atomic E-state index is 12.0. The smallest absolute Gasteiger partial charge is 0.212 e. The molecule has 2 rings (SSSR count). The van der Waals surface area contributed by atoms with Gasteiger partial charge in [-0.15, -0.1) is 11.3 Å². The summed E-state index contributed by atoms with van der Waals surface area (Å²) in [5, 5.41) is 5.27. The molecule has 1 aliphatic heterocycles. The molecule has 18 heavy (non-hydrogen) atoms. The Balaban J connectivity index is 1.86. The van der Waals surface area contributed by atoms with Gasteiger partial charge in [0.15, 0.2) is 0 Å². The lowest BCUT2D eigenvalue weighted by Crippen LogP contribution is -2.52. The quantitative estimate of drug-likeness (QED) is 0.860. The Kier molecular flexibility index (Phi) is 4.77. The van der Waals surface area contributed by atoms with Crippen LogP contribution >= 0.6 is 11.3 Å². The van der Waals surface area contributed by atoms with Crippen LogP contribution in [0.25, 0.3) is 0 Å². The van der Waals surface area contributed by atoms with Crippen LogP contribution in [0.4, 0.5) is 0 Å². The Morgan fingerprint density at radius 3 is 3.06 bits per heavy atom. The topological polar surface area (TPSA) is 58.2 Å². The predicted molar refractivity (Wildman–Crippen MR) is 75.4 cm³/mol. The van der Waals surface area contributed by atoms with Gasteiger partial charge in [-0.25, -0.2) is 13.1 Å². The molecule has 2 heterocycles. The van der Waals surface area contributed by atoms with Crippen LogP contribution in [0.3, 0.4) is 0 Å². The lowest BCUT2D eigenvalue weighted by Gasteiger charge is -2.30. The summed E-state index contributed by atoms with van der Waals surface area (Å²) < 4.78 is 26.8. The molecule has 2 atom stereocenters. The number of sulfonamides is 1. The second-order valence-corrected chi connectivity index (χ2v) is 7.66. The van der Waals surface area contributed by atoms with E-state index in [1.807, 2.05) is 24.4 Å². The molecule has 2 unspecified atom stereocenters. The lowest BCUT2D eigenvalue weighted by atomic mass is 10.0. The van der Waals surface area contributed by atoms with Crippen LogP contribution < -0.4 is 10.0 Å². The average Bonchev–Trinajstić information content (AvgIpc) is 2.83. The normalized spacial score (nSPS) is 25.2. The number of nitrogens with one attached hydrogen (secondary N) is 2. The Morgan fingerprint density at radius 2 is 2.39 bits per heavy atom. The summed E-state index contributed by atoms with van der Waals surface area (Å²) in [4.78, 5) is 1.12. The highest BCUT2D eigenvalue weighted by atomic mass is 32.2. The highest BCUT2D eigenvalue weighted by molar-refractivity contribution is 7.89. The monoisotopic (exact) mass is 288 g/mol. The highest BCUT2D eigenvalue weighted by Gasteiger charge is 2.25. The number of hydrogen-bond donors (Lipinski definition) is 2. The van der Waals surface area contributed by atoms with Crippen molar-refractivity contribution in [1.82, 2.24) is 10.0 Å². The second kappa shape index (κ2) is 6.14. The van der Waals surface area contributed by atoms with Gasteiger partial charge >= 0.3 is 0 Å². The van der Waals surface area contributed by atoms with Crippen LogP contribution in [-0.4, -0.2) is 32.8 Å². The molecule has 0 radical (unpaired) electrons. The summed E-state index contributed by atoms with van der Waals surface area (Å²) >= 11 is 1.61. The van der Waals surface area contributed by atoms with Crippen molar-refractivity contribution in [2.75, 3.05) is 12.3 Å². The van der Waals surface area contributed by atoms with E-state index in [2.05, 4.69) is 10.0 Å². The molecular formula is C12H20N2O2S2. The molecule has 1 aromatic rings. The van der Waals surface area contributed by atoms with Crippen molar-refractivity contribution in [3.05, 3.63) is 22.4 Å². The largest absolute Gasteiger partial charge is 0.313 e. The first-order valence-electron chi connectivity index (χ1n) is 6.32. The first-order chi connectivity index (χ1) is 8.57. The van der Waals surface area contributed by atoms with Crippen LogP contribution in [0.2, 0.25) is 0 Å².